The van der Waals surface area contributed by atoms with Gasteiger partial charge in [0.25, 0.3) is 0 Å². The third-order valence-corrected chi connectivity index (χ3v) is 2.78. The van der Waals surface area contributed by atoms with Gasteiger partial charge in [0, 0.05) is 7.11 Å². The smallest absolute Gasteiger partial charge is 0.150 e. The number of nitrogens with zero attached hydrogens (tertiary/aromatic N) is 1. The second-order valence-corrected chi connectivity index (χ2v) is 4.24. The van der Waals surface area contributed by atoms with Crippen molar-refractivity contribution in [3.8, 4) is 0 Å². The Hall–Kier alpha value is -0.260. The van der Waals surface area contributed by atoms with Crippen LogP contribution in [0.25, 0.3) is 0 Å². The van der Waals surface area contributed by atoms with E-state index in [1.165, 1.54) is 13.2 Å². The standard InChI is InChI=1S/C9H11Cl3N2O2/c1-16-4-5(3-15)13-9-7(11)2-6(10)8(12)14-9/h2,5,15H,3-4H2,1H3,(H,13,14). The van der Waals surface area contributed by atoms with E-state index in [4.69, 9.17) is 44.6 Å². The molecule has 0 bridgehead atoms. The number of halogens is 3. The van der Waals surface area contributed by atoms with Crippen LogP contribution in [0.4, 0.5) is 5.82 Å². The van der Waals surface area contributed by atoms with Crippen LogP contribution in [0.5, 0.6) is 0 Å². The van der Waals surface area contributed by atoms with E-state index in [0.717, 1.165) is 0 Å². The zero-order valence-electron chi connectivity index (χ0n) is 8.51. The summed E-state index contributed by atoms with van der Waals surface area (Å²) in [5.74, 6) is 0.368. The van der Waals surface area contributed by atoms with Gasteiger partial charge in [-0.15, -0.1) is 0 Å². The van der Waals surface area contributed by atoms with E-state index < -0.39 is 0 Å². The quantitative estimate of drug-likeness (QED) is 0.816. The maximum absolute atomic E-state index is 9.06. The molecule has 0 radical (unpaired) electrons. The average molecular weight is 286 g/mol. The van der Waals surface area contributed by atoms with Crippen molar-refractivity contribution in [2.75, 3.05) is 25.6 Å². The lowest BCUT2D eigenvalue weighted by Gasteiger charge is -2.16. The van der Waals surface area contributed by atoms with Crippen LogP contribution >= 0.6 is 34.8 Å². The molecule has 1 rings (SSSR count). The zero-order valence-corrected chi connectivity index (χ0v) is 10.8. The summed E-state index contributed by atoms with van der Waals surface area (Å²) in [5, 5.41) is 12.7. The summed E-state index contributed by atoms with van der Waals surface area (Å²) in [6.45, 7) is 0.223. The summed E-state index contributed by atoms with van der Waals surface area (Å²) in [4.78, 5) is 3.97. The summed E-state index contributed by atoms with van der Waals surface area (Å²) in [7, 11) is 1.54. The number of ether oxygens (including phenoxy) is 1. The minimum Gasteiger partial charge on any atom is -0.394 e. The summed E-state index contributed by atoms with van der Waals surface area (Å²) in [6.07, 6.45) is 0. The fourth-order valence-electron chi connectivity index (χ4n) is 1.08. The third kappa shape index (κ3) is 3.64. The van der Waals surface area contributed by atoms with Crippen molar-refractivity contribution in [2.45, 2.75) is 6.04 Å². The van der Waals surface area contributed by atoms with E-state index in [0.29, 0.717) is 17.4 Å². The van der Waals surface area contributed by atoms with Crippen molar-refractivity contribution >= 4 is 40.6 Å². The van der Waals surface area contributed by atoms with Crippen molar-refractivity contribution < 1.29 is 9.84 Å². The SMILES string of the molecule is COCC(CO)Nc1nc(Cl)c(Cl)cc1Cl. The Kier molecular flexibility index (Phi) is 5.58. The normalized spacial score (nSPS) is 12.6. The van der Waals surface area contributed by atoms with Gasteiger partial charge in [0.2, 0.25) is 0 Å². The fourth-order valence-corrected chi connectivity index (χ4v) is 1.63. The molecule has 0 saturated carbocycles. The van der Waals surface area contributed by atoms with Crippen molar-refractivity contribution in [2.24, 2.45) is 0 Å². The van der Waals surface area contributed by atoms with Crippen LogP contribution < -0.4 is 5.32 Å². The van der Waals surface area contributed by atoms with E-state index in [-0.39, 0.29) is 22.8 Å². The summed E-state index contributed by atoms with van der Waals surface area (Å²) >= 11 is 17.4. The number of anilines is 1. The maximum atomic E-state index is 9.06. The lowest BCUT2D eigenvalue weighted by Crippen LogP contribution is -2.29. The van der Waals surface area contributed by atoms with Gasteiger partial charge in [-0.1, -0.05) is 34.8 Å². The molecule has 1 heterocycles. The van der Waals surface area contributed by atoms with Gasteiger partial charge in [-0.3, -0.25) is 0 Å². The molecule has 16 heavy (non-hydrogen) atoms. The number of aromatic nitrogens is 1. The predicted octanol–water partition coefficient (Wildman–Crippen LogP) is 2.46. The molecule has 0 aliphatic heterocycles. The molecule has 0 spiro atoms. The lowest BCUT2D eigenvalue weighted by molar-refractivity contribution is 0.153. The van der Waals surface area contributed by atoms with E-state index in [1.54, 1.807) is 0 Å². The highest BCUT2D eigenvalue weighted by Crippen LogP contribution is 2.29. The molecule has 0 aromatic carbocycles. The molecule has 0 aliphatic rings. The summed E-state index contributed by atoms with van der Waals surface area (Å²) in [5.41, 5.74) is 0. The molecular formula is C9H11Cl3N2O2. The van der Waals surface area contributed by atoms with Crippen LogP contribution in [0.1, 0.15) is 0 Å². The number of hydrogen-bond acceptors (Lipinski definition) is 4. The van der Waals surface area contributed by atoms with Crippen molar-refractivity contribution in [1.29, 1.82) is 0 Å². The second kappa shape index (κ2) is 6.47. The molecular weight excluding hydrogens is 274 g/mol. The maximum Gasteiger partial charge on any atom is 0.150 e. The van der Waals surface area contributed by atoms with Crippen molar-refractivity contribution in [3.63, 3.8) is 0 Å². The van der Waals surface area contributed by atoms with Gasteiger partial charge >= 0.3 is 0 Å². The molecule has 1 unspecified atom stereocenters. The molecule has 0 amide bonds. The van der Waals surface area contributed by atoms with Crippen LogP contribution in [-0.2, 0) is 4.74 Å². The fraction of sp³-hybridized carbons (Fsp3) is 0.444. The lowest BCUT2D eigenvalue weighted by atomic mass is 10.3. The minimum absolute atomic E-state index is 0.105. The van der Waals surface area contributed by atoms with E-state index in [9.17, 15) is 0 Å². The highest BCUT2D eigenvalue weighted by Gasteiger charge is 2.12. The highest BCUT2D eigenvalue weighted by molar-refractivity contribution is 6.42. The number of aliphatic hydroxyl groups excluding tert-OH is 1. The Bertz CT molecular complexity index is 363. The first kappa shape index (κ1) is 13.8. The van der Waals surface area contributed by atoms with Gasteiger partial charge in [-0.05, 0) is 6.07 Å². The number of aliphatic hydroxyl groups is 1. The van der Waals surface area contributed by atoms with Crippen LogP contribution in [0, 0.1) is 0 Å². The summed E-state index contributed by atoms with van der Waals surface area (Å²) in [6, 6.07) is 1.19. The molecule has 90 valence electrons. The summed E-state index contributed by atoms with van der Waals surface area (Å²) < 4.78 is 4.91. The Morgan fingerprint density at radius 2 is 2.12 bits per heavy atom. The van der Waals surface area contributed by atoms with Gasteiger partial charge in [0.05, 0.1) is 29.3 Å². The van der Waals surface area contributed by atoms with Gasteiger partial charge in [0.1, 0.15) is 11.0 Å². The Morgan fingerprint density at radius 1 is 1.44 bits per heavy atom. The third-order valence-electron chi connectivity index (χ3n) is 1.82. The number of pyridine rings is 1. The molecule has 0 aliphatic carbocycles. The van der Waals surface area contributed by atoms with Crippen molar-refractivity contribution in [3.05, 3.63) is 21.3 Å². The zero-order chi connectivity index (χ0) is 12.1. The van der Waals surface area contributed by atoms with Gasteiger partial charge in [-0.2, -0.15) is 0 Å². The first-order valence-corrected chi connectivity index (χ1v) is 5.59. The van der Waals surface area contributed by atoms with E-state index in [2.05, 4.69) is 10.3 Å². The first-order chi connectivity index (χ1) is 7.58. The molecule has 4 nitrogen and oxygen atoms in total. The predicted molar refractivity (Wildman–Crippen MR) is 65.6 cm³/mol. The van der Waals surface area contributed by atoms with Crippen molar-refractivity contribution in [1.82, 2.24) is 4.98 Å². The number of rotatable bonds is 5. The molecule has 0 saturated heterocycles. The molecule has 1 aromatic heterocycles. The van der Waals surface area contributed by atoms with Gasteiger partial charge < -0.3 is 15.2 Å². The number of hydrogen-bond donors (Lipinski definition) is 2. The highest BCUT2D eigenvalue weighted by atomic mass is 35.5. The largest absolute Gasteiger partial charge is 0.394 e. The topological polar surface area (TPSA) is 54.4 Å². The van der Waals surface area contributed by atoms with E-state index >= 15 is 0 Å². The van der Waals surface area contributed by atoms with Crippen LogP contribution in [0.2, 0.25) is 15.2 Å². The monoisotopic (exact) mass is 284 g/mol. The first-order valence-electron chi connectivity index (χ1n) is 4.46. The molecule has 7 heteroatoms. The van der Waals surface area contributed by atoms with Crippen LogP contribution in [-0.4, -0.2) is 36.5 Å². The number of methoxy groups -OCH3 is 1. The van der Waals surface area contributed by atoms with Crippen LogP contribution in [0.3, 0.4) is 0 Å². The molecule has 2 N–H and O–H groups in total. The number of nitrogens with one attached hydrogen (secondary N) is 1. The second-order valence-electron chi connectivity index (χ2n) is 3.07. The molecule has 1 atom stereocenters. The Morgan fingerprint density at radius 3 is 2.69 bits per heavy atom. The molecule has 1 aromatic rings. The van der Waals surface area contributed by atoms with E-state index in [1.807, 2.05) is 0 Å². The van der Waals surface area contributed by atoms with Crippen LogP contribution in [0.15, 0.2) is 6.07 Å². The van der Waals surface area contributed by atoms with Gasteiger partial charge in [-0.25, -0.2) is 4.98 Å². The Labute approximate surface area is 108 Å². The average Bonchev–Trinajstić information content (AvgIpc) is 2.25. The minimum atomic E-state index is -0.299. The Balaban J connectivity index is 2.83. The molecule has 0 fully saturated rings. The van der Waals surface area contributed by atoms with Gasteiger partial charge in [0.15, 0.2) is 0 Å².